The first-order valence-electron chi connectivity index (χ1n) is 7.84. The zero-order valence-electron chi connectivity index (χ0n) is 14.2. The maximum Gasteiger partial charge on any atom is 0.193 e. The third kappa shape index (κ3) is 4.18. The van der Waals surface area contributed by atoms with Crippen molar-refractivity contribution >= 4 is 40.0 Å². The monoisotopic (exact) mass is 390 g/mol. The van der Waals surface area contributed by atoms with Crippen molar-refractivity contribution < 1.29 is 5.11 Å². The Morgan fingerprint density at radius 2 is 2.00 bits per heavy atom. The molecule has 0 saturated carbocycles. The zero-order chi connectivity index (χ0) is 18.0. The van der Waals surface area contributed by atoms with Crippen molar-refractivity contribution in [1.29, 1.82) is 0 Å². The number of nitrogens with one attached hydrogen (secondary N) is 1. The normalized spacial score (nSPS) is 12.2. The Balaban J connectivity index is 1.74. The van der Waals surface area contributed by atoms with Crippen LogP contribution in [-0.4, -0.2) is 10.1 Å². The molecule has 1 unspecified atom stereocenters. The van der Waals surface area contributed by atoms with E-state index >= 15 is 0 Å². The highest BCUT2D eigenvalue weighted by molar-refractivity contribution is 8.00. The van der Waals surface area contributed by atoms with Crippen molar-refractivity contribution in [3.05, 3.63) is 74.7 Å². The number of hydrogen-bond donors (Lipinski definition) is 2. The number of anilines is 1. The Hall–Kier alpha value is -1.53. The van der Waals surface area contributed by atoms with Gasteiger partial charge in [0.1, 0.15) is 6.10 Å². The molecule has 0 bridgehead atoms. The summed E-state index contributed by atoms with van der Waals surface area (Å²) in [6, 6.07) is 11.9. The van der Waals surface area contributed by atoms with E-state index < -0.39 is 6.10 Å². The molecule has 2 N–H and O–H groups in total. The van der Waals surface area contributed by atoms with Crippen LogP contribution in [0.3, 0.4) is 0 Å². The first-order valence-corrected chi connectivity index (χ1v) is 9.91. The largest absolute Gasteiger partial charge is 0.382 e. The van der Waals surface area contributed by atoms with Crippen LogP contribution in [0.5, 0.6) is 0 Å². The molecule has 3 aromatic rings. The van der Waals surface area contributed by atoms with Gasteiger partial charge in [-0.3, -0.25) is 0 Å². The molecule has 25 heavy (non-hydrogen) atoms. The lowest BCUT2D eigenvalue weighted by molar-refractivity contribution is 0.215. The van der Waals surface area contributed by atoms with Crippen LogP contribution in [0, 0.1) is 20.8 Å². The summed E-state index contributed by atoms with van der Waals surface area (Å²) < 4.78 is 3.24. The molecule has 0 aliphatic rings. The molecule has 1 atom stereocenters. The molecule has 0 aliphatic heterocycles. The molecule has 0 saturated heterocycles. The van der Waals surface area contributed by atoms with Crippen LogP contribution < -0.4 is 4.72 Å². The second kappa shape index (κ2) is 7.79. The number of aliphatic hydroxyl groups is 1. The Morgan fingerprint density at radius 1 is 1.20 bits per heavy atom. The standard InChI is InChI=1S/C19H19ClN2OS2/c1-11-7-8-12(2)14(9-11)18(23)16-10-24-19(21-16)22-25-17-6-4-5-15(20)13(17)3/h4-10,18,23H,1-3H3,(H,21,22). The summed E-state index contributed by atoms with van der Waals surface area (Å²) in [6.07, 6.45) is -0.718. The van der Waals surface area contributed by atoms with Crippen LogP contribution in [0.25, 0.3) is 0 Å². The summed E-state index contributed by atoms with van der Waals surface area (Å²) in [5.74, 6) is 0. The number of aryl methyl sites for hydroxylation is 2. The van der Waals surface area contributed by atoms with Crippen molar-refractivity contribution in [1.82, 2.24) is 4.98 Å². The summed E-state index contributed by atoms with van der Waals surface area (Å²) in [5.41, 5.74) is 4.78. The van der Waals surface area contributed by atoms with Crippen molar-refractivity contribution in [3.8, 4) is 0 Å². The predicted molar refractivity (Wildman–Crippen MR) is 108 cm³/mol. The Bertz CT molecular complexity index is 895. The molecule has 1 aromatic heterocycles. The van der Waals surface area contributed by atoms with Crippen molar-refractivity contribution in [2.45, 2.75) is 31.8 Å². The minimum atomic E-state index is -0.718. The predicted octanol–water partition coefficient (Wildman–Crippen LogP) is 5.92. The Morgan fingerprint density at radius 3 is 2.80 bits per heavy atom. The van der Waals surface area contributed by atoms with E-state index in [9.17, 15) is 5.11 Å². The van der Waals surface area contributed by atoms with Gasteiger partial charge >= 0.3 is 0 Å². The quantitative estimate of drug-likeness (QED) is 0.530. The number of aromatic nitrogens is 1. The molecule has 0 aliphatic carbocycles. The van der Waals surface area contributed by atoms with Gasteiger partial charge in [-0.25, -0.2) is 4.98 Å². The summed E-state index contributed by atoms with van der Waals surface area (Å²) in [4.78, 5) is 5.58. The number of halogens is 1. The van der Waals surface area contributed by atoms with E-state index in [4.69, 9.17) is 11.6 Å². The van der Waals surface area contributed by atoms with Crippen LogP contribution in [0.15, 0.2) is 46.7 Å². The molecule has 0 spiro atoms. The fourth-order valence-corrected chi connectivity index (χ4v) is 4.24. The molecule has 0 amide bonds. The van der Waals surface area contributed by atoms with Gasteiger partial charge in [-0.15, -0.1) is 11.3 Å². The van der Waals surface area contributed by atoms with Gasteiger partial charge in [-0.05, 0) is 61.5 Å². The van der Waals surface area contributed by atoms with Crippen LogP contribution in [-0.2, 0) is 0 Å². The third-order valence-electron chi connectivity index (χ3n) is 4.00. The number of benzene rings is 2. The number of hydrogen-bond acceptors (Lipinski definition) is 5. The average molecular weight is 391 g/mol. The highest BCUT2D eigenvalue weighted by atomic mass is 35.5. The van der Waals surface area contributed by atoms with Gasteiger partial charge in [0, 0.05) is 15.3 Å². The molecule has 2 aromatic carbocycles. The fraction of sp³-hybridized carbons (Fsp3) is 0.211. The van der Waals surface area contributed by atoms with E-state index in [1.807, 2.05) is 62.5 Å². The van der Waals surface area contributed by atoms with Crippen molar-refractivity contribution in [2.24, 2.45) is 0 Å². The molecule has 3 rings (SSSR count). The van der Waals surface area contributed by atoms with E-state index in [2.05, 4.69) is 9.71 Å². The van der Waals surface area contributed by atoms with Gasteiger partial charge < -0.3 is 9.83 Å². The van der Waals surface area contributed by atoms with Crippen molar-refractivity contribution in [2.75, 3.05) is 4.72 Å². The van der Waals surface area contributed by atoms with E-state index in [1.165, 1.54) is 23.3 Å². The maximum atomic E-state index is 10.7. The van der Waals surface area contributed by atoms with Crippen LogP contribution in [0.2, 0.25) is 5.02 Å². The Labute approximate surface area is 161 Å². The van der Waals surface area contributed by atoms with E-state index in [0.717, 1.165) is 37.3 Å². The lowest BCUT2D eigenvalue weighted by Crippen LogP contribution is -2.03. The molecule has 6 heteroatoms. The maximum absolute atomic E-state index is 10.7. The molecular formula is C19H19ClN2OS2. The highest BCUT2D eigenvalue weighted by Crippen LogP contribution is 2.32. The summed E-state index contributed by atoms with van der Waals surface area (Å²) in [7, 11) is 0. The average Bonchev–Trinajstić information content (AvgIpc) is 3.07. The minimum Gasteiger partial charge on any atom is -0.382 e. The number of nitrogens with zero attached hydrogens (tertiary/aromatic N) is 1. The molecule has 0 fully saturated rings. The second-order valence-electron chi connectivity index (χ2n) is 5.91. The van der Waals surface area contributed by atoms with Gasteiger partial charge in [-0.2, -0.15) is 0 Å². The topological polar surface area (TPSA) is 45.1 Å². The SMILES string of the molecule is Cc1ccc(C)c(C(O)c2csc(NSc3cccc(Cl)c3C)n2)c1. The Kier molecular flexibility index (Phi) is 5.69. The van der Waals surface area contributed by atoms with Gasteiger partial charge in [0.15, 0.2) is 5.13 Å². The second-order valence-corrected chi connectivity index (χ2v) is 8.02. The molecular weight excluding hydrogens is 372 g/mol. The first kappa shape index (κ1) is 18.3. The molecule has 3 nitrogen and oxygen atoms in total. The van der Waals surface area contributed by atoms with E-state index in [1.54, 1.807) is 0 Å². The molecule has 130 valence electrons. The van der Waals surface area contributed by atoms with E-state index in [-0.39, 0.29) is 0 Å². The number of aliphatic hydroxyl groups excluding tert-OH is 1. The van der Waals surface area contributed by atoms with Gasteiger partial charge in [-0.1, -0.05) is 41.4 Å². The summed E-state index contributed by atoms with van der Waals surface area (Å²) in [5, 5.41) is 14.1. The number of thiazole rings is 1. The lowest BCUT2D eigenvalue weighted by atomic mass is 9.99. The van der Waals surface area contributed by atoms with Crippen molar-refractivity contribution in [3.63, 3.8) is 0 Å². The zero-order valence-corrected chi connectivity index (χ0v) is 16.6. The minimum absolute atomic E-state index is 0.657. The van der Waals surface area contributed by atoms with Crippen LogP contribution >= 0.6 is 34.9 Å². The first-order chi connectivity index (χ1) is 12.0. The number of rotatable bonds is 5. The lowest BCUT2D eigenvalue weighted by Gasteiger charge is -2.12. The van der Waals surface area contributed by atoms with Crippen LogP contribution in [0.1, 0.15) is 34.1 Å². The highest BCUT2D eigenvalue weighted by Gasteiger charge is 2.17. The molecule has 0 radical (unpaired) electrons. The van der Waals surface area contributed by atoms with Gasteiger partial charge in [0.05, 0.1) is 5.69 Å². The van der Waals surface area contributed by atoms with Gasteiger partial charge in [0.25, 0.3) is 0 Å². The summed E-state index contributed by atoms with van der Waals surface area (Å²) in [6.45, 7) is 6.01. The van der Waals surface area contributed by atoms with Crippen LogP contribution in [0.4, 0.5) is 5.13 Å². The third-order valence-corrected chi connectivity index (χ3v) is 6.27. The van der Waals surface area contributed by atoms with E-state index in [0.29, 0.717) is 5.69 Å². The van der Waals surface area contributed by atoms with Gasteiger partial charge in [0.2, 0.25) is 0 Å². The molecule has 1 heterocycles. The smallest absolute Gasteiger partial charge is 0.193 e. The fourth-order valence-electron chi connectivity index (χ4n) is 2.47. The summed E-state index contributed by atoms with van der Waals surface area (Å²) >= 11 is 9.10.